The van der Waals surface area contributed by atoms with E-state index < -0.39 is 27.3 Å². The molecule has 0 radical (unpaired) electrons. The van der Waals surface area contributed by atoms with Crippen LogP contribution in [0.4, 0.5) is 10.5 Å². The summed E-state index contributed by atoms with van der Waals surface area (Å²) in [6, 6.07) is 20.8. The molecular weight excluding hydrogens is 657 g/mol. The van der Waals surface area contributed by atoms with Crippen molar-refractivity contribution in [1.29, 1.82) is 0 Å². The molecule has 2 saturated heterocycles. The number of aromatic nitrogens is 3. The van der Waals surface area contributed by atoms with Crippen molar-refractivity contribution in [2.45, 2.75) is 62.7 Å². The molecule has 2 aliphatic heterocycles. The molecule has 12 nitrogen and oxygen atoms in total. The van der Waals surface area contributed by atoms with Crippen molar-refractivity contribution in [2.24, 2.45) is 5.92 Å². The Bertz CT molecular complexity index is 1920. The number of anilines is 1. The van der Waals surface area contributed by atoms with Crippen LogP contribution in [-0.2, 0) is 26.1 Å². The van der Waals surface area contributed by atoms with Crippen LogP contribution in [0.1, 0.15) is 72.6 Å². The second-order valence-electron chi connectivity index (χ2n) is 13.6. The molecule has 4 heterocycles. The second-order valence-corrected chi connectivity index (χ2v) is 15.5. The summed E-state index contributed by atoms with van der Waals surface area (Å²) < 4.78 is 42.2. The van der Waals surface area contributed by atoms with E-state index in [2.05, 4.69) is 9.62 Å². The Morgan fingerprint density at radius 2 is 1.58 bits per heavy atom. The summed E-state index contributed by atoms with van der Waals surface area (Å²) in [7, 11) is -2.35. The fourth-order valence-electron chi connectivity index (χ4n) is 7.21. The number of fused-ring (bicyclic) bond motifs is 1. The van der Waals surface area contributed by atoms with Gasteiger partial charge in [-0.05, 0) is 68.2 Å². The third-order valence-corrected chi connectivity index (χ3v) is 12.1. The summed E-state index contributed by atoms with van der Waals surface area (Å²) >= 11 is 0. The molecule has 2 amide bonds. The molecule has 264 valence electrons. The van der Waals surface area contributed by atoms with Gasteiger partial charge in [-0.25, -0.2) is 27.6 Å². The fraction of sp³-hybridized carbons (Fsp3) is 0.459. The molecule has 4 aromatic rings. The predicted molar refractivity (Wildman–Crippen MR) is 190 cm³/mol. The smallest absolute Gasteiger partial charge is 0.410 e. The molecule has 3 fully saturated rings. The van der Waals surface area contributed by atoms with E-state index in [1.807, 2.05) is 60.7 Å². The fourth-order valence-corrected chi connectivity index (χ4v) is 8.57. The number of amides is 2. The molecule has 1 saturated carbocycles. The van der Waals surface area contributed by atoms with Gasteiger partial charge < -0.3 is 19.3 Å². The van der Waals surface area contributed by atoms with Crippen LogP contribution in [0, 0.1) is 5.92 Å². The van der Waals surface area contributed by atoms with Crippen LogP contribution in [-0.4, -0.2) is 85.2 Å². The highest BCUT2D eigenvalue weighted by Gasteiger charge is 2.35. The number of likely N-dealkylation sites (tertiary alicyclic amines) is 1. The highest BCUT2D eigenvalue weighted by Crippen LogP contribution is 2.43. The molecule has 2 aromatic heterocycles. The number of benzene rings is 2. The standard InChI is InChI=1S/C37H44N6O6S/c1-48-24-27-15-19-41(20-16-27)32-23-31(38-35-33(32)34(28-11-8-12-28)39-43(35)29-13-6-3-7-14-29)36(44)40-50(46,47)30-17-21-42(22-18-30)37(45)49-25-26-9-4-2-5-10-26/h2-7,9-10,13-14,23,27-28,30H,8,11-12,15-22,24-25H2,1H3,(H,40,44). The maximum Gasteiger partial charge on any atom is 0.410 e. The van der Waals surface area contributed by atoms with Crippen molar-refractivity contribution < 1.29 is 27.5 Å². The number of carbonyl (C=O) groups excluding carboxylic acids is 2. The van der Waals surface area contributed by atoms with Gasteiger partial charge in [0, 0.05) is 45.8 Å². The van der Waals surface area contributed by atoms with Gasteiger partial charge in [0.15, 0.2) is 5.65 Å². The molecular formula is C37H44N6O6S. The van der Waals surface area contributed by atoms with Crippen molar-refractivity contribution in [3.05, 3.63) is 83.7 Å². The summed E-state index contributed by atoms with van der Waals surface area (Å²) in [6.45, 7) is 2.82. The van der Waals surface area contributed by atoms with Crippen molar-refractivity contribution >= 4 is 38.7 Å². The normalized spacial score (nSPS) is 17.9. The van der Waals surface area contributed by atoms with Gasteiger partial charge in [-0.3, -0.25) is 4.79 Å². The van der Waals surface area contributed by atoms with E-state index in [9.17, 15) is 18.0 Å². The van der Waals surface area contributed by atoms with Crippen LogP contribution in [0.25, 0.3) is 16.7 Å². The molecule has 2 aromatic carbocycles. The lowest BCUT2D eigenvalue weighted by atomic mass is 9.82. The van der Waals surface area contributed by atoms with E-state index in [-0.39, 0.29) is 38.2 Å². The summed E-state index contributed by atoms with van der Waals surface area (Å²) in [4.78, 5) is 35.2. The number of sulfonamides is 1. The highest BCUT2D eigenvalue weighted by molar-refractivity contribution is 7.90. The number of ether oxygens (including phenoxy) is 2. The lowest BCUT2D eigenvalue weighted by Gasteiger charge is -2.34. The molecule has 13 heteroatoms. The Labute approximate surface area is 292 Å². The van der Waals surface area contributed by atoms with E-state index in [0.717, 1.165) is 73.2 Å². The number of carbonyl (C=O) groups is 2. The molecule has 0 atom stereocenters. The zero-order valence-corrected chi connectivity index (χ0v) is 29.2. The van der Waals surface area contributed by atoms with Crippen molar-refractivity contribution in [1.82, 2.24) is 24.4 Å². The van der Waals surface area contributed by atoms with Crippen LogP contribution >= 0.6 is 0 Å². The first-order valence-corrected chi connectivity index (χ1v) is 19.1. The summed E-state index contributed by atoms with van der Waals surface area (Å²) in [5.41, 5.74) is 4.09. The topological polar surface area (TPSA) is 136 Å². The van der Waals surface area contributed by atoms with Crippen molar-refractivity contribution in [3.63, 3.8) is 0 Å². The number of rotatable bonds is 10. The third-order valence-electron chi connectivity index (χ3n) is 10.3. The lowest BCUT2D eigenvalue weighted by molar-refractivity contribution is 0.0892. The van der Waals surface area contributed by atoms with Gasteiger partial charge in [0.2, 0.25) is 10.0 Å². The number of hydrogen-bond donors (Lipinski definition) is 1. The van der Waals surface area contributed by atoms with Gasteiger partial charge in [0.05, 0.1) is 27.7 Å². The maximum atomic E-state index is 13.9. The molecule has 0 spiro atoms. The largest absolute Gasteiger partial charge is 0.445 e. The number of methoxy groups -OCH3 is 1. The quantitative estimate of drug-likeness (QED) is 0.230. The van der Waals surface area contributed by atoms with Gasteiger partial charge in [-0.2, -0.15) is 5.10 Å². The van der Waals surface area contributed by atoms with Gasteiger partial charge >= 0.3 is 6.09 Å². The molecule has 1 N–H and O–H groups in total. The zero-order chi connectivity index (χ0) is 34.7. The number of para-hydroxylation sites is 1. The molecule has 3 aliphatic rings. The van der Waals surface area contributed by atoms with Gasteiger partial charge in [0.25, 0.3) is 5.91 Å². The van der Waals surface area contributed by atoms with Gasteiger partial charge in [0.1, 0.15) is 12.3 Å². The molecule has 0 bridgehead atoms. The number of hydrogen-bond acceptors (Lipinski definition) is 9. The Balaban J connectivity index is 1.13. The zero-order valence-electron chi connectivity index (χ0n) is 28.4. The SMILES string of the molecule is COCC1CCN(c2cc(C(=O)NS(=O)(=O)C3CCN(C(=O)OCc4ccccc4)CC3)nc3c2c(C2CCC2)nn3-c2ccccc2)CC1. The number of nitrogens with one attached hydrogen (secondary N) is 1. The number of nitrogens with zero attached hydrogens (tertiary/aromatic N) is 5. The number of piperidine rings is 2. The van der Waals surface area contributed by atoms with E-state index in [1.165, 1.54) is 4.90 Å². The van der Waals surface area contributed by atoms with Gasteiger partial charge in [-0.1, -0.05) is 55.0 Å². The van der Waals surface area contributed by atoms with Crippen molar-refractivity contribution in [3.8, 4) is 5.69 Å². The van der Waals surface area contributed by atoms with E-state index >= 15 is 0 Å². The molecule has 50 heavy (non-hydrogen) atoms. The summed E-state index contributed by atoms with van der Waals surface area (Å²) in [6.07, 6.45) is 4.99. The average Bonchev–Trinajstić information content (AvgIpc) is 3.49. The maximum absolute atomic E-state index is 13.9. The molecule has 7 rings (SSSR count). The van der Waals surface area contributed by atoms with E-state index in [1.54, 1.807) is 17.9 Å². The first-order chi connectivity index (χ1) is 24.3. The third kappa shape index (κ3) is 7.20. The van der Waals surface area contributed by atoms with Crippen LogP contribution < -0.4 is 9.62 Å². The van der Waals surface area contributed by atoms with E-state index in [4.69, 9.17) is 19.6 Å². The number of pyridine rings is 1. The van der Waals surface area contributed by atoms with Crippen LogP contribution in [0.5, 0.6) is 0 Å². The van der Waals surface area contributed by atoms with Crippen LogP contribution in [0.15, 0.2) is 66.7 Å². The first kappa shape index (κ1) is 34.0. The monoisotopic (exact) mass is 700 g/mol. The predicted octanol–water partition coefficient (Wildman–Crippen LogP) is 5.41. The second kappa shape index (κ2) is 14.8. The Hall–Kier alpha value is -4.49. The van der Waals surface area contributed by atoms with E-state index in [0.29, 0.717) is 24.1 Å². The Kier molecular flexibility index (Phi) is 10.0. The Morgan fingerprint density at radius 1 is 0.900 bits per heavy atom. The highest BCUT2D eigenvalue weighted by atomic mass is 32.2. The lowest BCUT2D eigenvalue weighted by Crippen LogP contribution is -2.47. The average molecular weight is 701 g/mol. The van der Waals surface area contributed by atoms with Crippen LogP contribution in [0.3, 0.4) is 0 Å². The molecule has 1 aliphatic carbocycles. The first-order valence-electron chi connectivity index (χ1n) is 17.5. The minimum Gasteiger partial charge on any atom is -0.445 e. The van der Waals surface area contributed by atoms with Gasteiger partial charge in [-0.15, -0.1) is 0 Å². The minimum atomic E-state index is -4.07. The summed E-state index contributed by atoms with van der Waals surface area (Å²) in [5.74, 6) is -0.0227. The minimum absolute atomic E-state index is 0.0225. The Morgan fingerprint density at radius 3 is 2.22 bits per heavy atom. The molecule has 0 unspecified atom stereocenters. The summed E-state index contributed by atoms with van der Waals surface area (Å²) in [5, 5.41) is 5.18. The van der Waals surface area contributed by atoms with Crippen molar-refractivity contribution in [2.75, 3.05) is 44.8 Å². The van der Waals surface area contributed by atoms with Crippen LogP contribution in [0.2, 0.25) is 0 Å².